The third kappa shape index (κ3) is 2.87. The average Bonchev–Trinajstić information content (AvgIpc) is 2.59. The van der Waals surface area contributed by atoms with Gasteiger partial charge >= 0.3 is 0 Å². The van der Waals surface area contributed by atoms with Crippen LogP contribution in [0.1, 0.15) is 15.9 Å². The fourth-order valence-corrected chi connectivity index (χ4v) is 2.74. The monoisotopic (exact) mass is 337 g/mol. The third-order valence-electron chi connectivity index (χ3n) is 4.09. The normalized spacial score (nSPS) is 10.6. The molecule has 1 N–H and O–H groups in total. The fraction of sp³-hybridized carbons (Fsp3) is 0.111. The first-order chi connectivity index (χ1) is 11.9. The van der Waals surface area contributed by atoms with Crippen molar-refractivity contribution in [1.29, 1.82) is 0 Å². The van der Waals surface area contributed by atoms with E-state index in [9.17, 15) is 19.7 Å². The van der Waals surface area contributed by atoms with Crippen LogP contribution in [0.15, 0.2) is 53.5 Å². The van der Waals surface area contributed by atoms with Gasteiger partial charge in [0.05, 0.1) is 21.7 Å². The van der Waals surface area contributed by atoms with Crippen molar-refractivity contribution in [3.63, 3.8) is 0 Å². The van der Waals surface area contributed by atoms with Crippen LogP contribution in [0.2, 0.25) is 0 Å². The SMILES string of the molecule is Cc1c(NC(=O)c2cn(C)c(=O)c3ccccc23)cccc1[N+](=O)[O-]. The van der Waals surface area contributed by atoms with Gasteiger partial charge < -0.3 is 9.88 Å². The number of carbonyl (C=O) groups is 1. The molecule has 7 nitrogen and oxygen atoms in total. The Morgan fingerprint density at radius 3 is 2.48 bits per heavy atom. The highest BCUT2D eigenvalue weighted by Crippen LogP contribution is 2.26. The van der Waals surface area contributed by atoms with Crippen LogP contribution in [0.5, 0.6) is 0 Å². The number of benzene rings is 2. The Morgan fingerprint density at radius 2 is 1.80 bits per heavy atom. The molecule has 0 bridgehead atoms. The van der Waals surface area contributed by atoms with Crippen molar-refractivity contribution in [2.75, 3.05) is 5.32 Å². The standard InChI is InChI=1S/C18H15N3O4/c1-11-15(8-5-9-16(11)21(24)25)19-17(22)14-10-20(2)18(23)13-7-4-3-6-12(13)14/h3-10H,1-2H3,(H,19,22). The second kappa shape index (κ2) is 6.20. The van der Waals surface area contributed by atoms with E-state index in [1.807, 2.05) is 0 Å². The topological polar surface area (TPSA) is 94.2 Å². The Morgan fingerprint density at radius 1 is 1.12 bits per heavy atom. The van der Waals surface area contributed by atoms with E-state index in [0.29, 0.717) is 27.6 Å². The molecule has 0 unspecified atom stereocenters. The number of hydrogen-bond donors (Lipinski definition) is 1. The first kappa shape index (κ1) is 16.4. The Bertz CT molecular complexity index is 1070. The maximum absolute atomic E-state index is 12.7. The number of aromatic nitrogens is 1. The maximum atomic E-state index is 12.7. The molecule has 0 aliphatic heterocycles. The summed E-state index contributed by atoms with van der Waals surface area (Å²) in [5, 5.41) is 14.7. The maximum Gasteiger partial charge on any atom is 0.274 e. The summed E-state index contributed by atoms with van der Waals surface area (Å²) in [4.78, 5) is 35.5. The van der Waals surface area contributed by atoms with Crippen molar-refractivity contribution in [3.8, 4) is 0 Å². The second-order valence-electron chi connectivity index (χ2n) is 5.67. The van der Waals surface area contributed by atoms with Crippen molar-refractivity contribution in [2.45, 2.75) is 6.92 Å². The zero-order valence-electron chi connectivity index (χ0n) is 13.6. The number of rotatable bonds is 3. The van der Waals surface area contributed by atoms with Gasteiger partial charge in [0.2, 0.25) is 0 Å². The summed E-state index contributed by atoms with van der Waals surface area (Å²) in [7, 11) is 1.57. The van der Waals surface area contributed by atoms with E-state index in [-0.39, 0.29) is 11.2 Å². The summed E-state index contributed by atoms with van der Waals surface area (Å²) in [6, 6.07) is 11.3. The lowest BCUT2D eigenvalue weighted by molar-refractivity contribution is -0.385. The molecule has 0 saturated heterocycles. The lowest BCUT2D eigenvalue weighted by atomic mass is 10.1. The molecule has 3 rings (SSSR count). The predicted octanol–water partition coefficient (Wildman–Crippen LogP) is 3.01. The molecule has 0 radical (unpaired) electrons. The second-order valence-corrected chi connectivity index (χ2v) is 5.67. The van der Waals surface area contributed by atoms with E-state index in [1.54, 1.807) is 44.3 Å². The highest BCUT2D eigenvalue weighted by Gasteiger charge is 2.18. The van der Waals surface area contributed by atoms with E-state index in [4.69, 9.17) is 0 Å². The minimum Gasteiger partial charge on any atom is -0.321 e. The van der Waals surface area contributed by atoms with Crippen molar-refractivity contribution < 1.29 is 9.72 Å². The molecule has 3 aromatic rings. The smallest absolute Gasteiger partial charge is 0.274 e. The van der Waals surface area contributed by atoms with Gasteiger partial charge in [-0.05, 0) is 19.1 Å². The molecule has 0 fully saturated rings. The van der Waals surface area contributed by atoms with Crippen molar-refractivity contribution in [3.05, 3.63) is 80.3 Å². The molecule has 2 aromatic carbocycles. The van der Waals surface area contributed by atoms with Gasteiger partial charge in [-0.25, -0.2) is 0 Å². The number of aryl methyl sites for hydroxylation is 1. The highest BCUT2D eigenvalue weighted by atomic mass is 16.6. The summed E-state index contributed by atoms with van der Waals surface area (Å²) >= 11 is 0. The van der Waals surface area contributed by atoms with Gasteiger partial charge in [0, 0.05) is 30.1 Å². The van der Waals surface area contributed by atoms with Gasteiger partial charge in [-0.1, -0.05) is 24.3 Å². The van der Waals surface area contributed by atoms with Gasteiger partial charge in [0.25, 0.3) is 17.2 Å². The molecule has 1 aromatic heterocycles. The Labute approximate surface area is 142 Å². The summed E-state index contributed by atoms with van der Waals surface area (Å²) in [6.45, 7) is 1.58. The van der Waals surface area contributed by atoms with Crippen LogP contribution in [-0.4, -0.2) is 15.4 Å². The molecule has 25 heavy (non-hydrogen) atoms. The Hall–Kier alpha value is -3.48. The first-order valence-electron chi connectivity index (χ1n) is 7.54. The fourth-order valence-electron chi connectivity index (χ4n) is 2.74. The molecule has 0 saturated carbocycles. The Balaban J connectivity index is 2.08. The van der Waals surface area contributed by atoms with Crippen molar-refractivity contribution in [2.24, 2.45) is 7.05 Å². The number of amides is 1. The lowest BCUT2D eigenvalue weighted by Crippen LogP contribution is -2.21. The molecule has 126 valence electrons. The van der Waals surface area contributed by atoms with Gasteiger partial charge in [-0.15, -0.1) is 0 Å². The minimum atomic E-state index is -0.493. The number of carbonyl (C=O) groups excluding carboxylic acids is 1. The lowest BCUT2D eigenvalue weighted by Gasteiger charge is -2.11. The van der Waals surface area contributed by atoms with E-state index in [0.717, 1.165) is 0 Å². The summed E-state index contributed by atoms with van der Waals surface area (Å²) < 4.78 is 1.34. The minimum absolute atomic E-state index is 0.0666. The van der Waals surface area contributed by atoms with Gasteiger partial charge in [-0.2, -0.15) is 0 Å². The highest BCUT2D eigenvalue weighted by molar-refractivity contribution is 6.12. The van der Waals surface area contributed by atoms with E-state index < -0.39 is 10.8 Å². The number of fused-ring (bicyclic) bond motifs is 1. The molecule has 7 heteroatoms. The van der Waals surface area contributed by atoms with Gasteiger partial charge in [0.15, 0.2) is 0 Å². The average molecular weight is 337 g/mol. The summed E-state index contributed by atoms with van der Waals surface area (Å²) in [5.41, 5.74) is 0.789. The molecule has 0 aliphatic carbocycles. The zero-order valence-corrected chi connectivity index (χ0v) is 13.6. The van der Waals surface area contributed by atoms with Crippen LogP contribution in [0.3, 0.4) is 0 Å². The number of nitro groups is 1. The van der Waals surface area contributed by atoms with Gasteiger partial charge in [0.1, 0.15) is 0 Å². The summed E-state index contributed by atoms with van der Waals surface area (Å²) in [6.07, 6.45) is 1.46. The largest absolute Gasteiger partial charge is 0.321 e. The molecule has 0 aliphatic rings. The van der Waals surface area contributed by atoms with Crippen LogP contribution in [0.4, 0.5) is 11.4 Å². The number of pyridine rings is 1. The Kier molecular flexibility index (Phi) is 4.06. The van der Waals surface area contributed by atoms with Crippen LogP contribution in [0, 0.1) is 17.0 Å². The molecule has 0 atom stereocenters. The van der Waals surface area contributed by atoms with Crippen LogP contribution >= 0.6 is 0 Å². The number of nitrogens with one attached hydrogen (secondary N) is 1. The van der Waals surface area contributed by atoms with E-state index in [1.165, 1.54) is 22.9 Å². The first-order valence-corrected chi connectivity index (χ1v) is 7.54. The van der Waals surface area contributed by atoms with Crippen LogP contribution < -0.4 is 10.9 Å². The number of nitro benzene ring substituents is 1. The van der Waals surface area contributed by atoms with Crippen molar-refractivity contribution >= 4 is 28.1 Å². The predicted molar refractivity (Wildman–Crippen MR) is 95.0 cm³/mol. The van der Waals surface area contributed by atoms with Gasteiger partial charge in [-0.3, -0.25) is 19.7 Å². The van der Waals surface area contributed by atoms with E-state index in [2.05, 4.69) is 5.32 Å². The summed E-state index contributed by atoms with van der Waals surface area (Å²) in [5.74, 6) is -0.435. The van der Waals surface area contributed by atoms with Crippen LogP contribution in [-0.2, 0) is 7.05 Å². The number of anilines is 1. The molecular weight excluding hydrogens is 322 g/mol. The van der Waals surface area contributed by atoms with E-state index >= 15 is 0 Å². The number of nitrogens with zero attached hydrogens (tertiary/aromatic N) is 2. The van der Waals surface area contributed by atoms with Crippen LogP contribution in [0.25, 0.3) is 10.8 Å². The van der Waals surface area contributed by atoms with Crippen molar-refractivity contribution in [1.82, 2.24) is 4.57 Å². The third-order valence-corrected chi connectivity index (χ3v) is 4.09. The zero-order chi connectivity index (χ0) is 18.1. The quantitative estimate of drug-likeness (QED) is 0.587. The molecule has 1 heterocycles. The molecular formula is C18H15N3O4. The number of hydrogen-bond acceptors (Lipinski definition) is 4. The molecule has 1 amide bonds. The molecule has 0 spiro atoms.